The van der Waals surface area contributed by atoms with Crippen LogP contribution < -0.4 is 10.6 Å². The van der Waals surface area contributed by atoms with Crippen LogP contribution in [-0.2, 0) is 15.7 Å². The Bertz CT molecular complexity index is 514. The Balaban J connectivity index is 2.14. The summed E-state index contributed by atoms with van der Waals surface area (Å²) in [6, 6.07) is 4.36. The summed E-state index contributed by atoms with van der Waals surface area (Å²) in [6.07, 6.45) is -3.68. The van der Waals surface area contributed by atoms with Crippen LogP contribution in [-0.4, -0.2) is 32.7 Å². The van der Waals surface area contributed by atoms with Crippen molar-refractivity contribution in [2.45, 2.75) is 18.6 Å². The van der Waals surface area contributed by atoms with Crippen LogP contribution in [0.3, 0.4) is 0 Å². The maximum atomic E-state index is 12.8. The van der Waals surface area contributed by atoms with Gasteiger partial charge in [-0.15, -0.1) is 0 Å². The third-order valence-electron chi connectivity index (χ3n) is 3.70. The largest absolute Gasteiger partial charge is 0.416 e. The van der Waals surface area contributed by atoms with Crippen molar-refractivity contribution in [2.75, 3.05) is 26.8 Å². The Hall–Kier alpha value is -1.60. The molecule has 0 unspecified atom stereocenters. The van der Waals surface area contributed by atoms with E-state index in [2.05, 4.69) is 10.6 Å². The SMILES string of the molecule is COC[C@@H](NC(=O)[C@@H]1CCNC1)c1cccc(C(F)(F)F)c1. The van der Waals surface area contributed by atoms with E-state index in [1.807, 2.05) is 0 Å². The fraction of sp³-hybridized carbons (Fsp3) is 0.533. The predicted molar refractivity (Wildman–Crippen MR) is 75.2 cm³/mol. The Kier molecular flexibility index (Phi) is 5.42. The lowest BCUT2D eigenvalue weighted by Crippen LogP contribution is -2.36. The van der Waals surface area contributed by atoms with Crippen molar-refractivity contribution in [3.8, 4) is 0 Å². The van der Waals surface area contributed by atoms with Crippen LogP contribution >= 0.6 is 0 Å². The first-order chi connectivity index (χ1) is 10.4. The van der Waals surface area contributed by atoms with Crippen molar-refractivity contribution in [2.24, 2.45) is 5.92 Å². The molecule has 1 amide bonds. The standard InChI is InChI=1S/C15H19F3N2O2/c1-22-9-13(20-14(21)11-5-6-19-8-11)10-3-2-4-12(7-10)15(16,17)18/h2-4,7,11,13,19H,5-6,8-9H2,1H3,(H,20,21)/t11-,13-/m1/s1. The van der Waals surface area contributed by atoms with Gasteiger partial charge in [0.25, 0.3) is 0 Å². The number of hydrogen-bond acceptors (Lipinski definition) is 3. The lowest BCUT2D eigenvalue weighted by molar-refractivity contribution is -0.137. The summed E-state index contributed by atoms with van der Waals surface area (Å²) >= 11 is 0. The van der Waals surface area contributed by atoms with Crippen molar-refractivity contribution < 1.29 is 22.7 Å². The van der Waals surface area contributed by atoms with Gasteiger partial charge in [-0.3, -0.25) is 4.79 Å². The minimum absolute atomic E-state index is 0.118. The number of hydrogen-bond donors (Lipinski definition) is 2. The smallest absolute Gasteiger partial charge is 0.382 e. The molecule has 4 nitrogen and oxygen atoms in total. The number of ether oxygens (including phenoxy) is 1. The monoisotopic (exact) mass is 316 g/mol. The topological polar surface area (TPSA) is 50.4 Å². The highest BCUT2D eigenvalue weighted by Gasteiger charge is 2.31. The molecule has 0 aliphatic carbocycles. The van der Waals surface area contributed by atoms with E-state index in [1.165, 1.54) is 13.2 Å². The first-order valence-electron chi connectivity index (χ1n) is 7.09. The van der Waals surface area contributed by atoms with Crippen LogP contribution in [0.25, 0.3) is 0 Å². The molecule has 0 saturated carbocycles. The van der Waals surface area contributed by atoms with Crippen LogP contribution in [0.2, 0.25) is 0 Å². The van der Waals surface area contributed by atoms with E-state index in [1.54, 1.807) is 6.07 Å². The summed E-state index contributed by atoms with van der Waals surface area (Å²) in [5.74, 6) is -0.311. The number of amides is 1. The number of carbonyl (C=O) groups is 1. The molecule has 0 spiro atoms. The average Bonchev–Trinajstić information content (AvgIpc) is 3.00. The molecule has 1 saturated heterocycles. The zero-order valence-corrected chi connectivity index (χ0v) is 12.2. The first-order valence-corrected chi connectivity index (χ1v) is 7.09. The van der Waals surface area contributed by atoms with Gasteiger partial charge in [0.1, 0.15) is 0 Å². The molecule has 0 radical (unpaired) electrons. The number of methoxy groups -OCH3 is 1. The van der Waals surface area contributed by atoms with Gasteiger partial charge in [-0.25, -0.2) is 0 Å². The number of carbonyl (C=O) groups excluding carboxylic acids is 1. The fourth-order valence-electron chi connectivity index (χ4n) is 2.49. The van der Waals surface area contributed by atoms with Gasteiger partial charge in [-0.1, -0.05) is 12.1 Å². The van der Waals surface area contributed by atoms with E-state index in [0.717, 1.165) is 25.1 Å². The summed E-state index contributed by atoms with van der Waals surface area (Å²) < 4.78 is 43.4. The zero-order chi connectivity index (χ0) is 16.2. The molecule has 1 fully saturated rings. The van der Waals surface area contributed by atoms with Gasteiger partial charge in [0.05, 0.1) is 24.1 Å². The third-order valence-corrected chi connectivity index (χ3v) is 3.70. The van der Waals surface area contributed by atoms with Crippen molar-refractivity contribution in [3.63, 3.8) is 0 Å². The van der Waals surface area contributed by atoms with Gasteiger partial charge in [0.15, 0.2) is 0 Å². The lowest BCUT2D eigenvalue weighted by Gasteiger charge is -2.21. The predicted octanol–water partition coefficient (Wildman–Crippen LogP) is 2.12. The molecule has 22 heavy (non-hydrogen) atoms. The number of rotatable bonds is 5. The highest BCUT2D eigenvalue weighted by atomic mass is 19.4. The molecule has 1 aliphatic heterocycles. The number of benzene rings is 1. The van der Waals surface area contributed by atoms with Crippen LogP contribution in [0, 0.1) is 5.92 Å². The highest BCUT2D eigenvalue weighted by molar-refractivity contribution is 5.79. The van der Waals surface area contributed by atoms with Gasteiger partial charge in [-0.2, -0.15) is 13.2 Å². The molecular formula is C15H19F3N2O2. The lowest BCUT2D eigenvalue weighted by atomic mass is 10.0. The Morgan fingerprint density at radius 2 is 2.27 bits per heavy atom. The molecular weight excluding hydrogens is 297 g/mol. The zero-order valence-electron chi connectivity index (χ0n) is 12.2. The maximum absolute atomic E-state index is 12.8. The number of alkyl halides is 3. The summed E-state index contributed by atoms with van der Waals surface area (Å²) in [4.78, 5) is 12.2. The summed E-state index contributed by atoms with van der Waals surface area (Å²) in [6.45, 7) is 1.48. The van der Waals surface area contributed by atoms with Crippen LogP contribution in [0.4, 0.5) is 13.2 Å². The number of nitrogens with one attached hydrogen (secondary N) is 2. The molecule has 1 aliphatic rings. The highest BCUT2D eigenvalue weighted by Crippen LogP contribution is 2.31. The van der Waals surface area contributed by atoms with Crippen LogP contribution in [0.5, 0.6) is 0 Å². The summed E-state index contributed by atoms with van der Waals surface area (Å²) in [5, 5.41) is 5.87. The van der Waals surface area contributed by atoms with Crippen molar-refractivity contribution in [1.82, 2.24) is 10.6 Å². The molecule has 122 valence electrons. The quantitative estimate of drug-likeness (QED) is 0.875. The molecule has 2 rings (SSSR count). The molecule has 7 heteroatoms. The Morgan fingerprint density at radius 3 is 2.86 bits per heavy atom. The maximum Gasteiger partial charge on any atom is 0.416 e. The van der Waals surface area contributed by atoms with Crippen LogP contribution in [0.1, 0.15) is 23.6 Å². The van der Waals surface area contributed by atoms with Crippen molar-refractivity contribution in [3.05, 3.63) is 35.4 Å². The van der Waals surface area contributed by atoms with E-state index in [0.29, 0.717) is 12.1 Å². The molecule has 2 atom stereocenters. The summed E-state index contributed by atoms with van der Waals surface area (Å²) in [5.41, 5.74) is -0.348. The average molecular weight is 316 g/mol. The molecule has 1 aromatic rings. The van der Waals surface area contributed by atoms with Gasteiger partial charge in [0.2, 0.25) is 5.91 Å². The van der Waals surface area contributed by atoms with Gasteiger partial charge in [-0.05, 0) is 30.7 Å². The Morgan fingerprint density at radius 1 is 1.50 bits per heavy atom. The molecule has 1 heterocycles. The van der Waals surface area contributed by atoms with Crippen molar-refractivity contribution in [1.29, 1.82) is 0 Å². The van der Waals surface area contributed by atoms with Crippen molar-refractivity contribution >= 4 is 5.91 Å². The van der Waals surface area contributed by atoms with E-state index in [9.17, 15) is 18.0 Å². The molecule has 2 N–H and O–H groups in total. The second-order valence-corrected chi connectivity index (χ2v) is 5.33. The van der Waals surface area contributed by atoms with E-state index >= 15 is 0 Å². The van der Waals surface area contributed by atoms with E-state index < -0.39 is 17.8 Å². The second-order valence-electron chi connectivity index (χ2n) is 5.33. The van der Waals surface area contributed by atoms with Gasteiger partial charge < -0.3 is 15.4 Å². The normalized spacial score (nSPS) is 19.9. The van der Waals surface area contributed by atoms with Crippen LogP contribution in [0.15, 0.2) is 24.3 Å². The van der Waals surface area contributed by atoms with Gasteiger partial charge >= 0.3 is 6.18 Å². The summed E-state index contributed by atoms with van der Waals surface area (Å²) in [7, 11) is 1.45. The molecule has 0 aromatic heterocycles. The molecule has 0 bridgehead atoms. The van der Waals surface area contributed by atoms with E-state index in [4.69, 9.17) is 4.74 Å². The fourth-order valence-corrected chi connectivity index (χ4v) is 2.49. The molecule has 1 aromatic carbocycles. The Labute approximate surface area is 127 Å². The van der Waals surface area contributed by atoms with E-state index in [-0.39, 0.29) is 18.4 Å². The minimum atomic E-state index is -4.41. The first kappa shape index (κ1) is 16.8. The second kappa shape index (κ2) is 7.11. The van der Waals surface area contributed by atoms with Gasteiger partial charge in [0, 0.05) is 13.7 Å². The minimum Gasteiger partial charge on any atom is -0.382 e. The number of halogens is 3. The third kappa shape index (κ3) is 4.20.